The van der Waals surface area contributed by atoms with Crippen LogP contribution in [0.2, 0.25) is 0 Å². The van der Waals surface area contributed by atoms with Gasteiger partial charge in [0, 0.05) is 12.8 Å². The summed E-state index contributed by atoms with van der Waals surface area (Å²) in [5.74, 6) is 0. The zero-order valence-corrected chi connectivity index (χ0v) is 13.0. The summed E-state index contributed by atoms with van der Waals surface area (Å²) in [6, 6.07) is 6.32. The molecule has 0 bridgehead atoms. The Balaban J connectivity index is 1.89. The van der Waals surface area contributed by atoms with Gasteiger partial charge in [-0.3, -0.25) is 0 Å². The lowest BCUT2D eigenvalue weighted by Gasteiger charge is -2.18. The van der Waals surface area contributed by atoms with Gasteiger partial charge in [0.2, 0.25) is 0 Å². The number of ether oxygens (including phenoxy) is 1. The summed E-state index contributed by atoms with van der Waals surface area (Å²) < 4.78 is 5.57. The number of nitrogens with one attached hydrogen (secondary N) is 1. The highest BCUT2D eigenvalue weighted by atomic mass is 32.1. The third-order valence-corrected chi connectivity index (χ3v) is 5.14. The molecule has 1 aliphatic rings. The second-order valence-corrected chi connectivity index (χ2v) is 6.35. The Morgan fingerprint density at radius 2 is 2.20 bits per heavy atom. The predicted octanol–water partition coefficient (Wildman–Crippen LogP) is 4.53. The average Bonchev–Trinajstić information content (AvgIpc) is 2.86. The van der Waals surface area contributed by atoms with Crippen LogP contribution in [0.25, 0.3) is 0 Å². The highest BCUT2D eigenvalue weighted by Gasteiger charge is 2.24. The van der Waals surface area contributed by atoms with E-state index in [-0.39, 0.29) is 6.10 Å². The van der Waals surface area contributed by atoms with Crippen LogP contribution in [0.1, 0.15) is 40.6 Å². The van der Waals surface area contributed by atoms with E-state index < -0.39 is 0 Å². The first-order chi connectivity index (χ1) is 9.69. The summed E-state index contributed by atoms with van der Waals surface area (Å²) >= 11 is 1.73. The smallest absolute Gasteiger partial charge is 0.187 e. The molecule has 0 aliphatic heterocycles. The monoisotopic (exact) mass is 288 g/mol. The van der Waals surface area contributed by atoms with E-state index in [1.807, 2.05) is 0 Å². The second kappa shape index (κ2) is 5.54. The van der Waals surface area contributed by atoms with Gasteiger partial charge >= 0.3 is 0 Å². The van der Waals surface area contributed by atoms with Crippen LogP contribution in [-0.4, -0.2) is 12.1 Å². The minimum atomic E-state index is 0.227. The molecule has 3 rings (SSSR count). The summed E-state index contributed by atoms with van der Waals surface area (Å²) in [6.07, 6.45) is 3.57. The summed E-state index contributed by atoms with van der Waals surface area (Å²) in [6.45, 7) is 4.28. The van der Waals surface area contributed by atoms with Gasteiger partial charge in [0.15, 0.2) is 5.13 Å². The number of nitrogens with zero attached hydrogens (tertiary/aromatic N) is 1. The van der Waals surface area contributed by atoms with Crippen molar-refractivity contribution in [1.29, 1.82) is 0 Å². The van der Waals surface area contributed by atoms with Crippen molar-refractivity contribution in [2.45, 2.75) is 39.2 Å². The van der Waals surface area contributed by atoms with Crippen molar-refractivity contribution in [2.75, 3.05) is 12.4 Å². The molecule has 20 heavy (non-hydrogen) atoms. The number of methoxy groups -OCH3 is 1. The molecule has 0 spiro atoms. The van der Waals surface area contributed by atoms with E-state index in [0.717, 1.165) is 30.1 Å². The largest absolute Gasteiger partial charge is 0.376 e. The van der Waals surface area contributed by atoms with Crippen LogP contribution >= 0.6 is 11.3 Å². The third kappa shape index (κ3) is 2.45. The van der Waals surface area contributed by atoms with Crippen LogP contribution in [-0.2, 0) is 11.2 Å². The van der Waals surface area contributed by atoms with Crippen LogP contribution in [0.5, 0.6) is 0 Å². The van der Waals surface area contributed by atoms with Gasteiger partial charge in [0.25, 0.3) is 0 Å². The molecular formula is C16H20N2OS. The number of rotatable bonds is 3. The molecule has 1 aromatic carbocycles. The first-order valence-corrected chi connectivity index (χ1v) is 7.86. The SMILES string of the molecule is COC1CCCc2nc(Nc3cccc(C)c3C)sc21. The molecule has 1 aliphatic carbocycles. The van der Waals surface area contributed by atoms with Crippen LogP contribution in [0.15, 0.2) is 18.2 Å². The highest BCUT2D eigenvalue weighted by molar-refractivity contribution is 7.15. The molecule has 0 amide bonds. The fourth-order valence-corrected chi connectivity index (χ4v) is 3.80. The van der Waals surface area contributed by atoms with Gasteiger partial charge in [0.1, 0.15) is 0 Å². The third-order valence-electron chi connectivity index (χ3n) is 4.03. The fourth-order valence-electron chi connectivity index (χ4n) is 2.66. The van der Waals surface area contributed by atoms with Crippen molar-refractivity contribution in [2.24, 2.45) is 0 Å². The van der Waals surface area contributed by atoms with Crippen LogP contribution < -0.4 is 5.32 Å². The van der Waals surface area contributed by atoms with E-state index in [1.54, 1.807) is 18.4 Å². The standard InChI is InChI=1S/C16H20N2OS/c1-10-6-4-7-12(11(10)2)17-16-18-13-8-5-9-14(19-3)15(13)20-16/h4,6-7,14H,5,8-9H2,1-3H3,(H,17,18). The molecular weight excluding hydrogens is 268 g/mol. The van der Waals surface area contributed by atoms with Gasteiger partial charge in [-0.1, -0.05) is 23.5 Å². The number of fused-ring (bicyclic) bond motifs is 1. The van der Waals surface area contributed by atoms with E-state index in [9.17, 15) is 0 Å². The van der Waals surface area contributed by atoms with E-state index in [2.05, 4.69) is 37.4 Å². The van der Waals surface area contributed by atoms with E-state index in [0.29, 0.717) is 0 Å². The molecule has 1 heterocycles. The Hall–Kier alpha value is -1.39. The van der Waals surface area contributed by atoms with Gasteiger partial charge in [-0.05, 0) is 50.3 Å². The second-order valence-electron chi connectivity index (χ2n) is 5.32. The number of hydrogen-bond donors (Lipinski definition) is 1. The number of aromatic nitrogens is 1. The Kier molecular flexibility index (Phi) is 3.76. The van der Waals surface area contributed by atoms with Crippen LogP contribution in [0, 0.1) is 13.8 Å². The molecule has 4 heteroatoms. The maximum Gasteiger partial charge on any atom is 0.187 e. The first-order valence-electron chi connectivity index (χ1n) is 7.04. The molecule has 1 atom stereocenters. The number of aryl methyl sites for hydroxylation is 2. The molecule has 0 saturated heterocycles. The molecule has 1 aromatic heterocycles. The normalized spacial score (nSPS) is 17.9. The maximum absolute atomic E-state index is 5.57. The zero-order valence-electron chi connectivity index (χ0n) is 12.2. The van der Waals surface area contributed by atoms with Crippen molar-refractivity contribution in [3.05, 3.63) is 39.9 Å². The maximum atomic E-state index is 5.57. The minimum Gasteiger partial charge on any atom is -0.376 e. The van der Waals surface area contributed by atoms with Crippen molar-refractivity contribution < 1.29 is 4.74 Å². The van der Waals surface area contributed by atoms with Gasteiger partial charge < -0.3 is 10.1 Å². The lowest BCUT2D eigenvalue weighted by atomic mass is 10.0. The summed E-state index contributed by atoms with van der Waals surface area (Å²) in [7, 11) is 1.79. The Morgan fingerprint density at radius 1 is 1.35 bits per heavy atom. The Morgan fingerprint density at radius 3 is 3.00 bits per heavy atom. The summed E-state index contributed by atoms with van der Waals surface area (Å²) in [5, 5.41) is 4.45. The number of anilines is 2. The topological polar surface area (TPSA) is 34.1 Å². The number of thiazole rings is 1. The fraction of sp³-hybridized carbons (Fsp3) is 0.438. The van der Waals surface area contributed by atoms with Crippen molar-refractivity contribution in [1.82, 2.24) is 4.98 Å². The summed E-state index contributed by atoms with van der Waals surface area (Å²) in [4.78, 5) is 6.04. The molecule has 1 N–H and O–H groups in total. The van der Waals surface area contributed by atoms with Crippen molar-refractivity contribution >= 4 is 22.2 Å². The quantitative estimate of drug-likeness (QED) is 0.901. The molecule has 0 fully saturated rings. The first kappa shape index (κ1) is 13.6. The van der Waals surface area contributed by atoms with E-state index >= 15 is 0 Å². The lowest BCUT2D eigenvalue weighted by molar-refractivity contribution is 0.0908. The van der Waals surface area contributed by atoms with E-state index in [4.69, 9.17) is 9.72 Å². The van der Waals surface area contributed by atoms with Crippen LogP contribution in [0.3, 0.4) is 0 Å². The van der Waals surface area contributed by atoms with E-state index in [1.165, 1.54) is 21.7 Å². The number of hydrogen-bond acceptors (Lipinski definition) is 4. The molecule has 3 nitrogen and oxygen atoms in total. The van der Waals surface area contributed by atoms with Crippen molar-refractivity contribution in [3.8, 4) is 0 Å². The Bertz CT molecular complexity index is 621. The van der Waals surface area contributed by atoms with Gasteiger partial charge in [0.05, 0.1) is 16.7 Å². The molecule has 0 radical (unpaired) electrons. The average molecular weight is 288 g/mol. The van der Waals surface area contributed by atoms with Gasteiger partial charge in [-0.25, -0.2) is 4.98 Å². The lowest BCUT2D eigenvalue weighted by Crippen LogP contribution is -2.08. The van der Waals surface area contributed by atoms with Gasteiger partial charge in [-0.15, -0.1) is 0 Å². The van der Waals surface area contributed by atoms with Gasteiger partial charge in [-0.2, -0.15) is 0 Å². The molecule has 0 saturated carbocycles. The Labute approximate surface area is 124 Å². The molecule has 1 unspecified atom stereocenters. The molecule has 106 valence electrons. The van der Waals surface area contributed by atoms with Crippen LogP contribution in [0.4, 0.5) is 10.8 Å². The minimum absolute atomic E-state index is 0.227. The summed E-state index contributed by atoms with van der Waals surface area (Å²) in [5.41, 5.74) is 4.93. The number of benzene rings is 1. The predicted molar refractivity (Wildman–Crippen MR) is 84.0 cm³/mol. The highest BCUT2D eigenvalue weighted by Crippen LogP contribution is 2.39. The zero-order chi connectivity index (χ0) is 14.1. The molecule has 2 aromatic rings. The van der Waals surface area contributed by atoms with Crippen molar-refractivity contribution in [3.63, 3.8) is 0 Å².